The lowest BCUT2D eigenvalue weighted by atomic mass is 10.0. The number of carbonyl (C=O) groups is 1. The molecule has 7 heteroatoms. The third-order valence-electron chi connectivity index (χ3n) is 2.88. The van der Waals surface area contributed by atoms with Gasteiger partial charge in [0.15, 0.2) is 0 Å². The second-order valence-electron chi connectivity index (χ2n) is 4.46. The first kappa shape index (κ1) is 16.8. The van der Waals surface area contributed by atoms with Gasteiger partial charge in [0.1, 0.15) is 11.6 Å². The molecule has 0 aliphatic heterocycles. The van der Waals surface area contributed by atoms with Crippen LogP contribution in [0.4, 0.5) is 17.6 Å². The topological polar surface area (TPSA) is 35.5 Å². The number of carbonyl (C=O) groups excluding carboxylic acids is 1. The molecule has 0 N–H and O–H groups in total. The number of rotatable bonds is 4. The highest BCUT2D eigenvalue weighted by molar-refractivity contribution is 5.91. The van der Waals surface area contributed by atoms with Crippen molar-refractivity contribution in [2.24, 2.45) is 0 Å². The second kappa shape index (κ2) is 6.68. The lowest BCUT2D eigenvalue weighted by molar-refractivity contribution is -0.274. The van der Waals surface area contributed by atoms with E-state index in [0.29, 0.717) is 0 Å². The van der Waals surface area contributed by atoms with E-state index in [1.165, 1.54) is 24.3 Å². The summed E-state index contributed by atoms with van der Waals surface area (Å²) in [5, 5.41) is 0. The Morgan fingerprint density at radius 2 is 1.78 bits per heavy atom. The highest BCUT2D eigenvalue weighted by atomic mass is 19.4. The van der Waals surface area contributed by atoms with Crippen molar-refractivity contribution >= 4 is 5.97 Å². The molecule has 0 aliphatic rings. The van der Waals surface area contributed by atoms with Crippen molar-refractivity contribution in [3.05, 3.63) is 53.8 Å². The average molecular weight is 328 g/mol. The zero-order chi connectivity index (χ0) is 17.0. The number of hydrogen-bond donors (Lipinski definition) is 0. The fourth-order valence-corrected chi connectivity index (χ4v) is 1.98. The summed E-state index contributed by atoms with van der Waals surface area (Å²) in [5.41, 5.74) is -0.270. The first-order valence-corrected chi connectivity index (χ1v) is 6.63. The molecule has 0 fully saturated rings. The van der Waals surface area contributed by atoms with Gasteiger partial charge in [-0.25, -0.2) is 9.18 Å². The van der Waals surface area contributed by atoms with E-state index in [1.54, 1.807) is 6.92 Å². The van der Waals surface area contributed by atoms with Crippen molar-refractivity contribution in [2.45, 2.75) is 13.3 Å². The Morgan fingerprint density at radius 3 is 2.43 bits per heavy atom. The van der Waals surface area contributed by atoms with Crippen LogP contribution in [0.15, 0.2) is 42.5 Å². The normalized spacial score (nSPS) is 11.2. The molecule has 0 aliphatic carbocycles. The van der Waals surface area contributed by atoms with E-state index in [-0.39, 0.29) is 23.3 Å². The minimum absolute atomic E-state index is 0.0325. The summed E-state index contributed by atoms with van der Waals surface area (Å²) in [6, 6.07) is 8.43. The Hall–Kier alpha value is -2.57. The van der Waals surface area contributed by atoms with Crippen molar-refractivity contribution in [1.82, 2.24) is 0 Å². The van der Waals surface area contributed by atoms with Crippen LogP contribution in [0.1, 0.15) is 17.3 Å². The van der Waals surface area contributed by atoms with Crippen molar-refractivity contribution in [2.75, 3.05) is 6.61 Å². The highest BCUT2D eigenvalue weighted by Gasteiger charge is 2.32. The molecule has 122 valence electrons. The van der Waals surface area contributed by atoms with E-state index in [1.807, 2.05) is 0 Å². The van der Waals surface area contributed by atoms with Gasteiger partial charge < -0.3 is 9.47 Å². The summed E-state index contributed by atoms with van der Waals surface area (Å²) in [6.45, 7) is 1.73. The third-order valence-corrected chi connectivity index (χ3v) is 2.88. The number of halogens is 4. The quantitative estimate of drug-likeness (QED) is 0.609. The number of alkyl halides is 3. The fourth-order valence-electron chi connectivity index (χ4n) is 1.98. The molecule has 0 bridgehead atoms. The van der Waals surface area contributed by atoms with E-state index in [0.717, 1.165) is 18.2 Å². The Labute approximate surface area is 129 Å². The second-order valence-corrected chi connectivity index (χ2v) is 4.46. The smallest absolute Gasteiger partial charge is 0.462 e. The first-order chi connectivity index (χ1) is 10.8. The molecule has 23 heavy (non-hydrogen) atoms. The van der Waals surface area contributed by atoms with E-state index in [9.17, 15) is 22.4 Å². The molecular weight excluding hydrogens is 316 g/mol. The van der Waals surface area contributed by atoms with Crippen LogP contribution in [-0.2, 0) is 4.74 Å². The molecule has 0 amide bonds. The lowest BCUT2D eigenvalue weighted by Gasteiger charge is -2.14. The lowest BCUT2D eigenvalue weighted by Crippen LogP contribution is -2.17. The van der Waals surface area contributed by atoms with Gasteiger partial charge >= 0.3 is 12.3 Å². The van der Waals surface area contributed by atoms with Crippen molar-refractivity contribution in [3.8, 4) is 16.9 Å². The molecule has 2 aromatic carbocycles. The summed E-state index contributed by atoms with van der Waals surface area (Å²) >= 11 is 0. The largest absolute Gasteiger partial charge is 0.573 e. The van der Waals surface area contributed by atoms with Crippen LogP contribution < -0.4 is 4.74 Å². The summed E-state index contributed by atoms with van der Waals surface area (Å²) < 4.78 is 60.1. The molecule has 0 saturated heterocycles. The summed E-state index contributed by atoms with van der Waals surface area (Å²) in [7, 11) is 0. The number of benzene rings is 2. The van der Waals surface area contributed by atoms with E-state index in [4.69, 9.17) is 4.74 Å². The molecule has 0 spiro atoms. The Bertz CT molecular complexity index is 711. The van der Waals surface area contributed by atoms with Gasteiger partial charge in [-0.3, -0.25) is 0 Å². The molecule has 0 unspecified atom stereocenters. The highest BCUT2D eigenvalue weighted by Crippen LogP contribution is 2.35. The predicted molar refractivity (Wildman–Crippen MR) is 74.5 cm³/mol. The molecular formula is C16H12F4O3. The van der Waals surface area contributed by atoms with Gasteiger partial charge in [-0.2, -0.15) is 0 Å². The fraction of sp³-hybridized carbons (Fsp3) is 0.188. The van der Waals surface area contributed by atoms with Gasteiger partial charge in [0.25, 0.3) is 0 Å². The van der Waals surface area contributed by atoms with Crippen LogP contribution in [0.5, 0.6) is 5.75 Å². The maximum atomic E-state index is 14.0. The molecule has 0 aromatic heterocycles. The monoisotopic (exact) mass is 328 g/mol. The maximum absolute atomic E-state index is 14.0. The maximum Gasteiger partial charge on any atom is 0.573 e. The molecule has 2 aromatic rings. The summed E-state index contributed by atoms with van der Waals surface area (Å²) in [5.74, 6) is -2.03. The number of para-hydroxylation sites is 1. The number of ether oxygens (including phenoxy) is 2. The van der Waals surface area contributed by atoms with Gasteiger partial charge in [-0.15, -0.1) is 13.2 Å². The van der Waals surface area contributed by atoms with Gasteiger partial charge in [0.05, 0.1) is 12.2 Å². The predicted octanol–water partition coefficient (Wildman–Crippen LogP) is 4.57. The molecule has 2 rings (SSSR count). The van der Waals surface area contributed by atoms with Crippen LogP contribution in [-0.4, -0.2) is 18.9 Å². The van der Waals surface area contributed by atoms with Gasteiger partial charge in [-0.05, 0) is 31.2 Å². The number of esters is 1. The molecule has 0 radical (unpaired) electrons. The van der Waals surface area contributed by atoms with Gasteiger partial charge in [0.2, 0.25) is 0 Å². The Balaban J connectivity index is 2.50. The SMILES string of the molecule is CCOC(=O)c1ccc(F)c(-c2ccccc2OC(F)(F)F)c1. The van der Waals surface area contributed by atoms with Gasteiger partial charge in [-0.1, -0.05) is 18.2 Å². The number of hydrogen-bond acceptors (Lipinski definition) is 3. The first-order valence-electron chi connectivity index (χ1n) is 6.63. The minimum Gasteiger partial charge on any atom is -0.462 e. The minimum atomic E-state index is -4.91. The molecule has 0 atom stereocenters. The van der Waals surface area contributed by atoms with Crippen LogP contribution in [0, 0.1) is 5.82 Å². The van der Waals surface area contributed by atoms with Crippen LogP contribution in [0.2, 0.25) is 0 Å². The zero-order valence-corrected chi connectivity index (χ0v) is 12.0. The van der Waals surface area contributed by atoms with Crippen molar-refractivity contribution < 1.29 is 31.8 Å². The molecule has 3 nitrogen and oxygen atoms in total. The van der Waals surface area contributed by atoms with Crippen LogP contribution >= 0.6 is 0 Å². The van der Waals surface area contributed by atoms with Crippen LogP contribution in [0.3, 0.4) is 0 Å². The van der Waals surface area contributed by atoms with Crippen molar-refractivity contribution in [1.29, 1.82) is 0 Å². The van der Waals surface area contributed by atoms with Crippen LogP contribution in [0.25, 0.3) is 11.1 Å². The van der Waals surface area contributed by atoms with E-state index in [2.05, 4.69) is 4.74 Å². The third kappa shape index (κ3) is 4.21. The van der Waals surface area contributed by atoms with E-state index < -0.39 is 23.9 Å². The average Bonchev–Trinajstić information content (AvgIpc) is 2.47. The Morgan fingerprint density at radius 1 is 1.09 bits per heavy atom. The van der Waals surface area contributed by atoms with Crippen molar-refractivity contribution in [3.63, 3.8) is 0 Å². The zero-order valence-electron chi connectivity index (χ0n) is 12.0. The Kier molecular flexibility index (Phi) is 4.88. The summed E-state index contributed by atoms with van der Waals surface area (Å²) in [4.78, 5) is 11.7. The summed E-state index contributed by atoms with van der Waals surface area (Å²) in [6.07, 6.45) is -4.91. The van der Waals surface area contributed by atoms with E-state index >= 15 is 0 Å². The molecule has 0 saturated carbocycles. The van der Waals surface area contributed by atoms with Gasteiger partial charge in [0, 0.05) is 11.1 Å². The standard InChI is InChI=1S/C16H12F4O3/c1-2-22-15(21)10-7-8-13(17)12(9-10)11-5-3-4-6-14(11)23-16(18,19)20/h3-9H,2H2,1H3. The molecule has 0 heterocycles.